The number of piperidine rings is 1. The fourth-order valence-corrected chi connectivity index (χ4v) is 4.18. The first-order valence-electron chi connectivity index (χ1n) is 12.4. The Hall–Kier alpha value is -1.58. The lowest BCUT2D eigenvalue weighted by atomic mass is 10.0. The molecule has 0 aromatic heterocycles. The molecule has 3 N–H and O–H groups in total. The van der Waals surface area contributed by atoms with Crippen LogP contribution in [0.5, 0.6) is 0 Å². The zero-order chi connectivity index (χ0) is 24.8. The second kappa shape index (κ2) is 11.7. The first-order valence-corrected chi connectivity index (χ1v) is 12.4. The number of ether oxygens (including phenoxy) is 2. The first-order chi connectivity index (χ1) is 15.2. The average molecular weight is 470 g/mol. The van der Waals surface area contributed by atoms with Crippen molar-refractivity contribution in [3.05, 3.63) is 0 Å². The summed E-state index contributed by atoms with van der Waals surface area (Å²) < 4.78 is 10.6. The normalized spacial score (nSPS) is 25.0. The Morgan fingerprint density at radius 2 is 1.21 bits per heavy atom. The highest BCUT2D eigenvalue weighted by Crippen LogP contribution is 2.18. The Labute approximate surface area is 200 Å². The van der Waals surface area contributed by atoms with Gasteiger partial charge >= 0.3 is 12.2 Å². The van der Waals surface area contributed by atoms with Gasteiger partial charge in [0.05, 0.1) is 0 Å². The second-order valence-corrected chi connectivity index (χ2v) is 11.6. The molecular weight excluding hydrogens is 422 g/mol. The van der Waals surface area contributed by atoms with Crippen LogP contribution in [0.15, 0.2) is 0 Å². The van der Waals surface area contributed by atoms with Crippen LogP contribution in [0, 0.1) is 0 Å². The quantitative estimate of drug-likeness (QED) is 0.641. The third kappa shape index (κ3) is 10.5. The lowest BCUT2D eigenvalue weighted by molar-refractivity contribution is 0.0280. The van der Waals surface area contributed by atoms with Crippen molar-refractivity contribution in [3.8, 4) is 0 Å². The van der Waals surface area contributed by atoms with E-state index in [0.29, 0.717) is 18.6 Å². The van der Waals surface area contributed by atoms with E-state index < -0.39 is 11.2 Å². The molecule has 0 aromatic carbocycles. The Bertz CT molecular complexity index is 638. The fourth-order valence-electron chi connectivity index (χ4n) is 4.18. The zero-order valence-corrected chi connectivity index (χ0v) is 21.9. The molecule has 0 radical (unpaired) electrons. The van der Waals surface area contributed by atoms with E-state index in [1.54, 1.807) is 4.90 Å². The molecule has 33 heavy (non-hydrogen) atoms. The lowest BCUT2D eigenvalue weighted by Gasteiger charge is -2.31. The molecule has 3 aliphatic heterocycles. The number of rotatable bonds is 2. The van der Waals surface area contributed by atoms with E-state index in [-0.39, 0.29) is 18.2 Å². The van der Waals surface area contributed by atoms with Crippen molar-refractivity contribution in [1.82, 2.24) is 20.0 Å². The van der Waals surface area contributed by atoms with Gasteiger partial charge in [-0.15, -0.1) is 0 Å². The summed E-state index contributed by atoms with van der Waals surface area (Å²) in [5, 5.41) is 3.71. The molecule has 9 heteroatoms. The van der Waals surface area contributed by atoms with E-state index in [0.717, 1.165) is 32.5 Å². The molecule has 9 nitrogen and oxygen atoms in total. The summed E-state index contributed by atoms with van der Waals surface area (Å²) in [6.07, 6.45) is 3.90. The van der Waals surface area contributed by atoms with Crippen molar-refractivity contribution in [2.75, 3.05) is 46.3 Å². The largest absolute Gasteiger partial charge is 0.444 e. The van der Waals surface area contributed by atoms with Crippen LogP contribution < -0.4 is 11.1 Å². The number of nitrogens with one attached hydrogen (secondary N) is 1. The van der Waals surface area contributed by atoms with E-state index in [2.05, 4.69) is 17.3 Å². The molecule has 2 amide bonds. The summed E-state index contributed by atoms with van der Waals surface area (Å²) in [7, 11) is 2.18. The van der Waals surface area contributed by atoms with Crippen LogP contribution in [0.2, 0.25) is 0 Å². The molecule has 0 spiro atoms. The van der Waals surface area contributed by atoms with Crippen molar-refractivity contribution < 1.29 is 19.1 Å². The van der Waals surface area contributed by atoms with Crippen molar-refractivity contribution in [2.45, 2.75) is 96.6 Å². The number of carbonyl (C=O) groups is 2. The van der Waals surface area contributed by atoms with Crippen molar-refractivity contribution in [3.63, 3.8) is 0 Å². The van der Waals surface area contributed by atoms with Crippen LogP contribution in [0.4, 0.5) is 9.59 Å². The number of hydrogen-bond donors (Lipinski definition) is 2. The third-order valence-corrected chi connectivity index (χ3v) is 5.91. The predicted molar refractivity (Wildman–Crippen MR) is 130 cm³/mol. The van der Waals surface area contributed by atoms with Gasteiger partial charge in [-0.05, 0) is 87.4 Å². The molecule has 0 aliphatic carbocycles. The van der Waals surface area contributed by atoms with Gasteiger partial charge in [-0.3, -0.25) is 0 Å². The molecule has 2 atom stereocenters. The lowest BCUT2D eigenvalue weighted by Crippen LogP contribution is -2.46. The molecule has 0 bridgehead atoms. The van der Waals surface area contributed by atoms with Gasteiger partial charge in [0.1, 0.15) is 11.2 Å². The molecule has 3 heterocycles. The minimum Gasteiger partial charge on any atom is -0.444 e. The SMILES string of the molecule is CC(C)(C)OC(=O)N1CC[C@H](N)C1.CN1CCC(N[C@H]2CCN(C(=O)OC(C)(C)C)C2)CC1. The van der Waals surface area contributed by atoms with Crippen molar-refractivity contribution in [1.29, 1.82) is 0 Å². The van der Waals surface area contributed by atoms with Gasteiger partial charge in [0.2, 0.25) is 0 Å². The van der Waals surface area contributed by atoms with E-state index in [4.69, 9.17) is 15.2 Å². The minimum atomic E-state index is -0.413. The highest BCUT2D eigenvalue weighted by atomic mass is 16.6. The molecule has 3 fully saturated rings. The topological polar surface area (TPSA) is 100 Å². The van der Waals surface area contributed by atoms with Gasteiger partial charge < -0.3 is 35.2 Å². The van der Waals surface area contributed by atoms with Crippen LogP contribution in [0.25, 0.3) is 0 Å². The third-order valence-electron chi connectivity index (χ3n) is 5.91. The van der Waals surface area contributed by atoms with E-state index in [1.807, 2.05) is 46.4 Å². The second-order valence-electron chi connectivity index (χ2n) is 11.6. The van der Waals surface area contributed by atoms with Crippen LogP contribution in [0.3, 0.4) is 0 Å². The van der Waals surface area contributed by atoms with Gasteiger partial charge in [0.15, 0.2) is 0 Å². The number of nitrogens with two attached hydrogens (primary N) is 1. The highest BCUT2D eigenvalue weighted by molar-refractivity contribution is 5.69. The highest BCUT2D eigenvalue weighted by Gasteiger charge is 2.31. The standard InChI is InChI=1S/C15H29N3O2.C9H18N2O2/c1-15(2,3)20-14(19)18-10-7-13(11-18)16-12-5-8-17(4)9-6-12;1-9(2,3)13-8(12)11-5-4-7(10)6-11/h12-13,16H,5-11H2,1-4H3;7H,4-6,10H2,1-3H3/t13-;7-/m00/s1. The molecule has 0 saturated carbocycles. The number of amides is 2. The van der Waals surface area contributed by atoms with Crippen molar-refractivity contribution >= 4 is 12.2 Å². The van der Waals surface area contributed by atoms with E-state index >= 15 is 0 Å². The van der Waals surface area contributed by atoms with E-state index in [9.17, 15) is 9.59 Å². The Balaban J connectivity index is 0.000000257. The van der Waals surface area contributed by atoms with Crippen LogP contribution in [-0.4, -0.2) is 103 Å². The summed E-state index contributed by atoms with van der Waals surface area (Å²) >= 11 is 0. The van der Waals surface area contributed by atoms with Crippen LogP contribution in [-0.2, 0) is 9.47 Å². The molecule has 0 unspecified atom stereocenters. The van der Waals surface area contributed by atoms with Gasteiger partial charge in [-0.2, -0.15) is 0 Å². The maximum absolute atomic E-state index is 12.0. The van der Waals surface area contributed by atoms with Crippen LogP contribution >= 0.6 is 0 Å². The molecule has 0 aromatic rings. The fraction of sp³-hybridized carbons (Fsp3) is 0.917. The van der Waals surface area contributed by atoms with E-state index in [1.165, 1.54) is 25.9 Å². The Morgan fingerprint density at radius 1 is 0.758 bits per heavy atom. The summed E-state index contributed by atoms with van der Waals surface area (Å²) in [5.74, 6) is 0. The first kappa shape index (κ1) is 27.7. The maximum Gasteiger partial charge on any atom is 0.410 e. The van der Waals surface area contributed by atoms with Gasteiger partial charge in [-0.1, -0.05) is 0 Å². The Morgan fingerprint density at radius 3 is 1.67 bits per heavy atom. The Kier molecular flexibility index (Phi) is 9.82. The summed E-state index contributed by atoms with van der Waals surface area (Å²) in [4.78, 5) is 29.3. The van der Waals surface area contributed by atoms with Gasteiger partial charge in [0.25, 0.3) is 0 Å². The molecule has 3 rings (SSSR count). The molecule has 3 saturated heterocycles. The molecule has 3 aliphatic rings. The molecule has 192 valence electrons. The summed E-state index contributed by atoms with van der Waals surface area (Å²) in [6, 6.07) is 1.15. The summed E-state index contributed by atoms with van der Waals surface area (Å²) in [6.45, 7) is 16.6. The zero-order valence-electron chi connectivity index (χ0n) is 21.9. The van der Waals surface area contributed by atoms with Crippen molar-refractivity contribution in [2.24, 2.45) is 5.73 Å². The number of nitrogens with zero attached hydrogens (tertiary/aromatic N) is 3. The number of hydrogen-bond acceptors (Lipinski definition) is 7. The average Bonchev–Trinajstić information content (AvgIpc) is 3.31. The summed E-state index contributed by atoms with van der Waals surface area (Å²) in [5.41, 5.74) is 4.86. The monoisotopic (exact) mass is 469 g/mol. The maximum atomic E-state index is 12.0. The minimum absolute atomic E-state index is 0.118. The number of carbonyl (C=O) groups excluding carboxylic acids is 2. The van der Waals surface area contributed by atoms with Crippen LogP contribution in [0.1, 0.15) is 67.2 Å². The number of likely N-dealkylation sites (tertiary alicyclic amines) is 3. The van der Waals surface area contributed by atoms with Gasteiger partial charge in [0, 0.05) is 44.3 Å². The smallest absolute Gasteiger partial charge is 0.410 e. The van der Waals surface area contributed by atoms with Gasteiger partial charge in [-0.25, -0.2) is 9.59 Å². The molecular formula is C24H47N5O4. The predicted octanol–water partition coefficient (Wildman–Crippen LogP) is 2.63.